The first-order valence-corrected chi connectivity index (χ1v) is 15.0. The van der Waals surface area contributed by atoms with Crippen molar-refractivity contribution in [1.82, 2.24) is 19.5 Å². The molecule has 1 saturated carbocycles. The minimum atomic E-state index is -4.40. The lowest BCUT2D eigenvalue weighted by Gasteiger charge is -2.34. The van der Waals surface area contributed by atoms with Crippen molar-refractivity contribution in [3.05, 3.63) is 54.2 Å². The number of nitrogens with zero attached hydrogens (tertiary/aromatic N) is 4. The molecule has 14 heteroatoms. The smallest absolute Gasteiger partial charge is 0.394 e. The number of hydrogen-bond acceptors (Lipinski definition) is 8. The van der Waals surface area contributed by atoms with Crippen LogP contribution in [0.15, 0.2) is 53.6 Å². The summed E-state index contributed by atoms with van der Waals surface area (Å²) in [4.78, 5) is 19.6. The summed E-state index contributed by atoms with van der Waals surface area (Å²) in [6.45, 7) is 6.48. The number of pyridine rings is 1. The lowest BCUT2D eigenvalue weighted by molar-refractivity contribution is -0.190. The van der Waals surface area contributed by atoms with Crippen LogP contribution in [-0.4, -0.2) is 59.1 Å². The summed E-state index contributed by atoms with van der Waals surface area (Å²) >= 11 is 0. The average Bonchev–Trinajstić information content (AvgIpc) is 3.46. The molecule has 2 aromatic heterocycles. The number of aromatic hydroxyl groups is 1. The highest BCUT2D eigenvalue weighted by Gasteiger charge is 2.62. The number of alkyl halides is 3. The number of anilines is 1. The van der Waals surface area contributed by atoms with Gasteiger partial charge >= 0.3 is 6.18 Å². The van der Waals surface area contributed by atoms with Gasteiger partial charge in [0.2, 0.25) is 5.88 Å². The molecule has 0 unspecified atom stereocenters. The third-order valence-corrected chi connectivity index (χ3v) is 9.28. The summed E-state index contributed by atoms with van der Waals surface area (Å²) in [5, 5.41) is 14.3. The molecular formula is C28H32F3N5O5S. The van der Waals surface area contributed by atoms with Crippen LogP contribution in [-0.2, 0) is 10.0 Å². The number of phenols is 1. The summed E-state index contributed by atoms with van der Waals surface area (Å²) in [7, 11) is -4.40. The third-order valence-electron chi connectivity index (χ3n) is 7.90. The Kier molecular flexibility index (Phi) is 7.40. The highest BCUT2D eigenvalue weighted by Crippen LogP contribution is 2.59. The van der Waals surface area contributed by atoms with Crippen LogP contribution in [0.2, 0.25) is 0 Å². The van der Waals surface area contributed by atoms with Crippen LogP contribution < -0.4 is 14.4 Å². The predicted octanol–water partition coefficient (Wildman–Crippen LogP) is 4.83. The van der Waals surface area contributed by atoms with Gasteiger partial charge in [-0.1, -0.05) is 19.1 Å². The van der Waals surface area contributed by atoms with Gasteiger partial charge in [0.1, 0.15) is 16.5 Å². The largest absolute Gasteiger partial charge is 0.507 e. The van der Waals surface area contributed by atoms with Crippen molar-refractivity contribution >= 4 is 21.7 Å². The number of phenolic OH excluding ortho intramolecular Hbond substituents is 1. The van der Waals surface area contributed by atoms with Crippen LogP contribution in [0.25, 0.3) is 5.82 Å². The maximum Gasteiger partial charge on any atom is 0.394 e. The second-order valence-electron chi connectivity index (χ2n) is 11.7. The third kappa shape index (κ3) is 5.76. The highest BCUT2D eigenvalue weighted by molar-refractivity contribution is 7.90. The summed E-state index contributed by atoms with van der Waals surface area (Å²) in [5.74, 6) is -0.492. The molecular weight excluding hydrogens is 575 g/mol. The first-order valence-electron chi connectivity index (χ1n) is 13.5. The van der Waals surface area contributed by atoms with E-state index in [0.717, 1.165) is 6.42 Å². The van der Waals surface area contributed by atoms with Crippen molar-refractivity contribution in [2.24, 2.45) is 11.3 Å². The Labute approximate surface area is 241 Å². The maximum absolute atomic E-state index is 13.4. The standard InChI is InChI=1S/C28H32F3N5O5S/c1-18-16-26(2,3)35(17-18)24-19(25(38)34-42(39,40)21-7-5-4-6-20(21)37)8-9-22(32-24)36-14-10-23(33-36)41-15-13-27(11-12-27)28(29,30)31/h4-10,14,18,37H,11-13,15-17H2,1-3H3,(H,34,38)/t18-/m0/s1. The number of ether oxygens (including phenoxy) is 1. The quantitative estimate of drug-likeness (QED) is 0.354. The van der Waals surface area contributed by atoms with E-state index >= 15 is 0 Å². The molecule has 1 aromatic carbocycles. The maximum atomic E-state index is 13.4. The zero-order chi connectivity index (χ0) is 30.5. The number of rotatable bonds is 9. The van der Waals surface area contributed by atoms with Crippen LogP contribution in [0.4, 0.5) is 19.0 Å². The number of hydrogen-bond donors (Lipinski definition) is 2. The van der Waals surface area contributed by atoms with E-state index in [1.165, 1.54) is 53.3 Å². The number of amides is 1. The Balaban J connectivity index is 1.41. The number of aromatic nitrogens is 3. The Morgan fingerprint density at radius 2 is 1.88 bits per heavy atom. The molecule has 2 aliphatic rings. The fraction of sp³-hybridized carbons (Fsp3) is 0.464. The Morgan fingerprint density at radius 1 is 1.17 bits per heavy atom. The summed E-state index contributed by atoms with van der Waals surface area (Å²) in [6, 6.07) is 9.71. The first-order chi connectivity index (χ1) is 19.6. The van der Waals surface area contributed by atoms with E-state index in [9.17, 15) is 31.5 Å². The number of halogens is 3. The van der Waals surface area contributed by atoms with Crippen LogP contribution in [0.1, 0.15) is 56.8 Å². The lowest BCUT2D eigenvalue weighted by Crippen LogP contribution is -2.41. The summed E-state index contributed by atoms with van der Waals surface area (Å²) < 4.78 is 74.4. The minimum Gasteiger partial charge on any atom is -0.507 e. The molecule has 3 heterocycles. The van der Waals surface area contributed by atoms with Gasteiger partial charge in [-0.25, -0.2) is 22.8 Å². The molecule has 1 aliphatic heterocycles. The van der Waals surface area contributed by atoms with Crippen molar-refractivity contribution < 1.29 is 36.2 Å². The average molecular weight is 608 g/mol. The first kappa shape index (κ1) is 29.7. The normalized spacial score (nSPS) is 19.5. The fourth-order valence-corrected chi connectivity index (χ4v) is 6.58. The topological polar surface area (TPSA) is 127 Å². The molecule has 0 bridgehead atoms. The SMILES string of the molecule is C[C@@H]1CN(c2nc(-n3ccc(OCCC4(C(F)(F)F)CC4)n3)ccc2C(=O)NS(=O)(=O)c2ccccc2O)C(C)(C)C1. The van der Waals surface area contributed by atoms with Crippen molar-refractivity contribution in [3.8, 4) is 17.4 Å². The molecule has 2 N–H and O–H groups in total. The molecule has 10 nitrogen and oxygen atoms in total. The van der Waals surface area contributed by atoms with E-state index in [4.69, 9.17) is 4.74 Å². The fourth-order valence-electron chi connectivity index (χ4n) is 5.51. The molecule has 1 atom stereocenters. The zero-order valence-corrected chi connectivity index (χ0v) is 24.2. The molecule has 3 aromatic rings. The van der Waals surface area contributed by atoms with Gasteiger partial charge in [0.05, 0.1) is 17.6 Å². The monoisotopic (exact) mass is 607 g/mol. The van der Waals surface area contributed by atoms with E-state index in [0.29, 0.717) is 12.4 Å². The van der Waals surface area contributed by atoms with Crippen molar-refractivity contribution in [3.63, 3.8) is 0 Å². The van der Waals surface area contributed by atoms with Gasteiger partial charge in [0.15, 0.2) is 5.82 Å². The lowest BCUT2D eigenvalue weighted by atomic mass is 9.97. The van der Waals surface area contributed by atoms with Gasteiger partial charge in [-0.15, -0.1) is 5.10 Å². The van der Waals surface area contributed by atoms with Crippen molar-refractivity contribution in [2.45, 2.75) is 63.1 Å². The molecule has 0 radical (unpaired) electrons. The highest BCUT2D eigenvalue weighted by atomic mass is 32.2. The van der Waals surface area contributed by atoms with E-state index in [1.807, 2.05) is 23.5 Å². The number of carbonyl (C=O) groups is 1. The van der Waals surface area contributed by atoms with Crippen LogP contribution in [0.3, 0.4) is 0 Å². The number of nitrogens with one attached hydrogen (secondary N) is 1. The van der Waals surface area contributed by atoms with E-state index < -0.39 is 43.7 Å². The van der Waals surface area contributed by atoms with Gasteiger partial charge in [-0.05, 0) is 69.7 Å². The van der Waals surface area contributed by atoms with Crippen molar-refractivity contribution in [2.75, 3.05) is 18.1 Å². The molecule has 2 fully saturated rings. The van der Waals surface area contributed by atoms with Gasteiger partial charge in [-0.2, -0.15) is 13.2 Å². The Morgan fingerprint density at radius 3 is 2.50 bits per heavy atom. The number of sulfonamides is 1. The molecule has 1 amide bonds. The second-order valence-corrected chi connectivity index (χ2v) is 13.3. The van der Waals surface area contributed by atoms with E-state index in [-0.39, 0.29) is 49.0 Å². The van der Waals surface area contributed by atoms with Gasteiger partial charge in [0, 0.05) is 24.3 Å². The molecule has 1 saturated heterocycles. The Bertz CT molecular complexity index is 1600. The summed E-state index contributed by atoms with van der Waals surface area (Å²) in [5.41, 5.74) is -2.08. The van der Waals surface area contributed by atoms with Crippen LogP contribution >= 0.6 is 0 Å². The molecule has 0 spiro atoms. The molecule has 5 rings (SSSR count). The van der Waals surface area contributed by atoms with Gasteiger partial charge in [-0.3, -0.25) is 4.79 Å². The van der Waals surface area contributed by atoms with Crippen LogP contribution in [0, 0.1) is 11.3 Å². The molecule has 42 heavy (non-hydrogen) atoms. The number of para-hydroxylation sites is 1. The van der Waals surface area contributed by atoms with Crippen LogP contribution in [0.5, 0.6) is 11.6 Å². The van der Waals surface area contributed by atoms with Gasteiger partial charge < -0.3 is 14.7 Å². The van der Waals surface area contributed by atoms with E-state index in [2.05, 4.69) is 17.0 Å². The number of carbonyl (C=O) groups excluding carboxylic acids is 1. The molecule has 1 aliphatic carbocycles. The van der Waals surface area contributed by atoms with Gasteiger partial charge in [0.25, 0.3) is 15.9 Å². The second kappa shape index (κ2) is 10.5. The van der Waals surface area contributed by atoms with Crippen molar-refractivity contribution in [1.29, 1.82) is 0 Å². The Hall–Kier alpha value is -3.81. The summed E-state index contributed by atoms with van der Waals surface area (Å²) in [6.07, 6.45) is -1.87. The predicted molar refractivity (Wildman–Crippen MR) is 147 cm³/mol. The van der Waals surface area contributed by atoms with E-state index in [1.54, 1.807) is 0 Å². The number of benzene rings is 1. The molecule has 226 valence electrons. The minimum absolute atomic E-state index is 0.00503. The zero-order valence-electron chi connectivity index (χ0n) is 23.3.